The number of nitrogens with zero attached hydrogens (tertiary/aromatic N) is 1. The fourth-order valence-electron chi connectivity index (χ4n) is 1.08. The minimum atomic E-state index is -0.164. The number of hydrogen-bond donors (Lipinski definition) is 2. The fraction of sp³-hybridized carbons (Fsp3) is 0.111. The fourth-order valence-corrected chi connectivity index (χ4v) is 2.75. The van der Waals surface area contributed by atoms with E-state index >= 15 is 0 Å². The van der Waals surface area contributed by atoms with Crippen molar-refractivity contribution in [2.75, 3.05) is 17.7 Å². The lowest BCUT2D eigenvalue weighted by atomic mass is 10.4. The predicted molar refractivity (Wildman–Crippen MR) is 68.9 cm³/mol. The molecule has 2 aromatic rings. The maximum Gasteiger partial charge on any atom is 0.267 e. The Bertz CT molecular complexity index is 495. The Hall–Kier alpha value is -1.11. The van der Waals surface area contributed by atoms with E-state index in [0.29, 0.717) is 15.2 Å². The highest BCUT2D eigenvalue weighted by Gasteiger charge is 2.12. The van der Waals surface area contributed by atoms with Gasteiger partial charge in [-0.1, -0.05) is 29.0 Å². The molecule has 0 bridgehead atoms. The molecule has 1 amide bonds. The van der Waals surface area contributed by atoms with E-state index in [1.807, 2.05) is 11.4 Å². The summed E-state index contributed by atoms with van der Waals surface area (Å²) in [5.74, 6) is -0.164. The number of carbonyl (C=O) groups excluding carboxylic acids is 1. The molecule has 84 valence electrons. The summed E-state index contributed by atoms with van der Waals surface area (Å²) in [5, 5.41) is 9.05. The molecule has 0 aliphatic rings. The zero-order valence-corrected chi connectivity index (χ0v) is 10.7. The first-order chi connectivity index (χ1) is 7.70. The molecule has 0 aromatic carbocycles. The summed E-state index contributed by atoms with van der Waals surface area (Å²) in [6, 6.07) is 3.58. The highest BCUT2D eigenvalue weighted by Crippen LogP contribution is 2.31. The maximum atomic E-state index is 11.7. The highest BCUT2D eigenvalue weighted by molar-refractivity contribution is 7.20. The Morgan fingerprint density at radius 2 is 2.38 bits per heavy atom. The Balaban J connectivity index is 2.12. The van der Waals surface area contributed by atoms with E-state index in [9.17, 15) is 4.79 Å². The van der Waals surface area contributed by atoms with Gasteiger partial charge in [0, 0.05) is 7.05 Å². The first-order valence-electron chi connectivity index (χ1n) is 4.39. The highest BCUT2D eigenvalue weighted by atomic mass is 35.5. The van der Waals surface area contributed by atoms with E-state index in [-0.39, 0.29) is 5.91 Å². The topological polar surface area (TPSA) is 54.0 Å². The quantitative estimate of drug-likeness (QED) is 0.903. The number of halogens is 1. The van der Waals surface area contributed by atoms with Crippen molar-refractivity contribution < 1.29 is 4.79 Å². The van der Waals surface area contributed by atoms with Crippen LogP contribution in [0.2, 0.25) is 5.15 Å². The Kier molecular flexibility index (Phi) is 3.42. The van der Waals surface area contributed by atoms with Crippen LogP contribution in [0.3, 0.4) is 0 Å². The van der Waals surface area contributed by atoms with Gasteiger partial charge in [-0.15, -0.1) is 11.3 Å². The monoisotopic (exact) mass is 273 g/mol. The molecular formula is C9H8ClN3OS2. The minimum absolute atomic E-state index is 0.164. The molecule has 0 atom stereocenters. The molecule has 0 aliphatic carbocycles. The minimum Gasteiger partial charge on any atom is -0.377 e. The molecule has 0 radical (unpaired) electrons. The van der Waals surface area contributed by atoms with Crippen LogP contribution < -0.4 is 10.6 Å². The van der Waals surface area contributed by atoms with E-state index in [1.54, 1.807) is 13.1 Å². The molecule has 0 aliphatic heterocycles. The summed E-state index contributed by atoms with van der Waals surface area (Å²) in [4.78, 5) is 16.4. The number of thiophene rings is 1. The largest absolute Gasteiger partial charge is 0.377 e. The van der Waals surface area contributed by atoms with Crippen molar-refractivity contribution in [1.29, 1.82) is 0 Å². The van der Waals surface area contributed by atoms with Crippen molar-refractivity contribution in [3.8, 4) is 0 Å². The number of carbonyl (C=O) groups is 1. The number of hydrogen-bond acceptors (Lipinski definition) is 5. The van der Waals surface area contributed by atoms with Gasteiger partial charge in [0.25, 0.3) is 5.91 Å². The van der Waals surface area contributed by atoms with Gasteiger partial charge in [0.15, 0.2) is 10.3 Å². The van der Waals surface area contributed by atoms with Crippen molar-refractivity contribution in [3.05, 3.63) is 27.5 Å². The molecular weight excluding hydrogens is 266 g/mol. The van der Waals surface area contributed by atoms with Crippen molar-refractivity contribution in [1.82, 2.24) is 4.98 Å². The van der Waals surface area contributed by atoms with Crippen LogP contribution in [-0.4, -0.2) is 17.9 Å². The summed E-state index contributed by atoms with van der Waals surface area (Å²) < 4.78 is 0. The number of aromatic nitrogens is 1. The normalized spacial score (nSPS) is 10.1. The summed E-state index contributed by atoms with van der Waals surface area (Å²) >= 11 is 8.53. The van der Waals surface area contributed by atoms with Gasteiger partial charge >= 0.3 is 0 Å². The molecule has 2 rings (SSSR count). The maximum absolute atomic E-state index is 11.7. The van der Waals surface area contributed by atoms with Crippen LogP contribution in [0.5, 0.6) is 0 Å². The van der Waals surface area contributed by atoms with Gasteiger partial charge in [-0.3, -0.25) is 10.1 Å². The molecule has 2 aromatic heterocycles. The van der Waals surface area contributed by atoms with Crippen LogP contribution in [0.25, 0.3) is 0 Å². The number of nitrogens with one attached hydrogen (secondary N) is 2. The summed E-state index contributed by atoms with van der Waals surface area (Å²) in [5.41, 5.74) is 0. The lowest BCUT2D eigenvalue weighted by molar-refractivity contribution is 0.103. The SMILES string of the molecule is CNc1sc(NC(=O)c2cccs2)nc1Cl. The molecule has 0 saturated heterocycles. The number of thiazole rings is 1. The molecule has 16 heavy (non-hydrogen) atoms. The van der Waals surface area contributed by atoms with E-state index < -0.39 is 0 Å². The first kappa shape index (κ1) is 11.4. The Morgan fingerprint density at radius 1 is 1.56 bits per heavy atom. The number of rotatable bonds is 3. The third kappa shape index (κ3) is 2.34. The molecule has 0 unspecified atom stereocenters. The van der Waals surface area contributed by atoms with Crippen molar-refractivity contribution in [3.63, 3.8) is 0 Å². The van der Waals surface area contributed by atoms with Gasteiger partial charge in [-0.25, -0.2) is 4.98 Å². The smallest absolute Gasteiger partial charge is 0.267 e. The second-order valence-corrected chi connectivity index (χ2v) is 5.13. The third-order valence-electron chi connectivity index (χ3n) is 1.78. The zero-order chi connectivity index (χ0) is 11.5. The molecule has 0 spiro atoms. The molecule has 7 heteroatoms. The first-order valence-corrected chi connectivity index (χ1v) is 6.47. The average Bonchev–Trinajstić information content (AvgIpc) is 2.87. The lowest BCUT2D eigenvalue weighted by Gasteiger charge is -1.96. The lowest BCUT2D eigenvalue weighted by Crippen LogP contribution is -2.09. The van der Waals surface area contributed by atoms with Crippen LogP contribution in [0, 0.1) is 0 Å². The van der Waals surface area contributed by atoms with Crippen LogP contribution in [0.15, 0.2) is 17.5 Å². The summed E-state index contributed by atoms with van der Waals surface area (Å²) in [7, 11) is 1.75. The van der Waals surface area contributed by atoms with Crippen molar-refractivity contribution >= 4 is 50.3 Å². The van der Waals surface area contributed by atoms with Crippen LogP contribution in [0.4, 0.5) is 10.1 Å². The second-order valence-electron chi connectivity index (χ2n) is 2.82. The van der Waals surface area contributed by atoms with E-state index in [1.165, 1.54) is 22.7 Å². The average molecular weight is 274 g/mol. The van der Waals surface area contributed by atoms with Crippen LogP contribution >= 0.6 is 34.3 Å². The summed E-state index contributed by atoms with van der Waals surface area (Å²) in [6.45, 7) is 0. The Morgan fingerprint density at radius 3 is 2.94 bits per heavy atom. The molecule has 0 fully saturated rings. The van der Waals surface area contributed by atoms with Gasteiger partial charge in [-0.05, 0) is 11.4 Å². The molecule has 2 N–H and O–H groups in total. The third-order valence-corrected chi connectivity index (χ3v) is 4.02. The van der Waals surface area contributed by atoms with Crippen molar-refractivity contribution in [2.24, 2.45) is 0 Å². The molecule has 0 saturated carbocycles. The van der Waals surface area contributed by atoms with Gasteiger partial charge in [-0.2, -0.15) is 0 Å². The summed E-state index contributed by atoms with van der Waals surface area (Å²) in [6.07, 6.45) is 0. The Labute approximate surface area is 105 Å². The van der Waals surface area contributed by atoms with Gasteiger partial charge in [0.05, 0.1) is 4.88 Å². The van der Waals surface area contributed by atoms with Crippen LogP contribution in [0.1, 0.15) is 9.67 Å². The number of amides is 1. The zero-order valence-electron chi connectivity index (χ0n) is 8.28. The van der Waals surface area contributed by atoms with Gasteiger partial charge in [0.1, 0.15) is 5.00 Å². The predicted octanol–water partition coefficient (Wildman–Crippen LogP) is 3.15. The van der Waals surface area contributed by atoms with E-state index in [2.05, 4.69) is 15.6 Å². The number of anilines is 2. The van der Waals surface area contributed by atoms with Crippen LogP contribution in [-0.2, 0) is 0 Å². The van der Waals surface area contributed by atoms with Gasteiger partial charge in [0.2, 0.25) is 0 Å². The molecule has 4 nitrogen and oxygen atoms in total. The second kappa shape index (κ2) is 4.82. The van der Waals surface area contributed by atoms with E-state index in [4.69, 9.17) is 11.6 Å². The standard InChI is InChI=1S/C9H8ClN3OS2/c1-11-8-6(10)12-9(16-8)13-7(14)5-3-2-4-15-5/h2-4,11H,1H3,(H,12,13,14). The van der Waals surface area contributed by atoms with Gasteiger partial charge < -0.3 is 5.32 Å². The van der Waals surface area contributed by atoms with Crippen molar-refractivity contribution in [2.45, 2.75) is 0 Å². The molecule has 2 heterocycles. The van der Waals surface area contributed by atoms with E-state index in [0.717, 1.165) is 5.00 Å².